The number of hydrogen-bond donors (Lipinski definition) is 1. The number of aliphatic hydroxyl groups excluding tert-OH is 1. The molecule has 2 heterocycles. The normalized spacial score (nSPS) is 10.9. The smallest absolute Gasteiger partial charge is 0.169 e. The Morgan fingerprint density at radius 3 is 3.00 bits per heavy atom. The molecule has 13 heavy (non-hydrogen) atoms. The lowest BCUT2D eigenvalue weighted by atomic mass is 10.2. The molecule has 2 nitrogen and oxygen atoms in total. The van der Waals surface area contributed by atoms with Gasteiger partial charge in [-0.25, -0.2) is 0 Å². The monoisotopic (exact) mass is 212 g/mol. The first-order chi connectivity index (χ1) is 6.22. The Morgan fingerprint density at radius 2 is 2.38 bits per heavy atom. The lowest BCUT2D eigenvalue weighted by Crippen LogP contribution is -1.84. The third-order valence-corrected chi connectivity index (χ3v) is 4.28. The van der Waals surface area contributed by atoms with Crippen molar-refractivity contribution in [3.63, 3.8) is 0 Å². The molecule has 0 amide bonds. The summed E-state index contributed by atoms with van der Waals surface area (Å²) in [5, 5.41) is 12.0. The van der Waals surface area contributed by atoms with Crippen LogP contribution in [0.4, 0.5) is 0 Å². The molecular weight excluding hydrogens is 204 g/mol. The van der Waals surface area contributed by atoms with Crippen LogP contribution in [0.3, 0.4) is 0 Å². The summed E-state index contributed by atoms with van der Waals surface area (Å²) in [5.41, 5.74) is 0.920. The quantitative estimate of drug-likeness (QED) is 0.777. The molecule has 0 aliphatic heterocycles. The van der Waals surface area contributed by atoms with E-state index in [9.17, 15) is 4.79 Å². The van der Waals surface area contributed by atoms with Gasteiger partial charge in [0.2, 0.25) is 0 Å². The fourth-order valence-electron chi connectivity index (χ4n) is 1.17. The van der Waals surface area contributed by atoms with Gasteiger partial charge in [0, 0.05) is 5.39 Å². The minimum absolute atomic E-state index is 0.0497. The molecule has 0 aromatic carbocycles. The Labute approximate surface area is 83.4 Å². The highest BCUT2D eigenvalue weighted by atomic mass is 32.2. The van der Waals surface area contributed by atoms with Crippen molar-refractivity contribution in [1.29, 1.82) is 0 Å². The van der Waals surface area contributed by atoms with Crippen LogP contribution in [0, 0.1) is 0 Å². The average molecular weight is 212 g/mol. The van der Waals surface area contributed by atoms with Gasteiger partial charge < -0.3 is 5.11 Å². The molecule has 0 aliphatic carbocycles. The largest absolute Gasteiger partial charge is 0.392 e. The molecule has 1 N–H and O–H groups in total. The number of thiophene rings is 2. The Balaban J connectivity index is 2.63. The molecule has 0 saturated carbocycles. The molecule has 0 bridgehead atoms. The minimum Gasteiger partial charge on any atom is -0.392 e. The van der Waals surface area contributed by atoms with Gasteiger partial charge in [-0.05, 0) is 23.9 Å². The van der Waals surface area contributed by atoms with E-state index in [2.05, 4.69) is 0 Å². The Kier molecular flexibility index (Phi) is 2.19. The van der Waals surface area contributed by atoms with E-state index in [1.807, 2.05) is 11.4 Å². The first-order valence-corrected chi connectivity index (χ1v) is 5.53. The molecule has 2 aromatic rings. The highest BCUT2D eigenvalue weighted by Crippen LogP contribution is 2.34. The summed E-state index contributed by atoms with van der Waals surface area (Å²) in [6, 6.07) is 1.87. The van der Waals surface area contributed by atoms with E-state index in [0.717, 1.165) is 19.8 Å². The summed E-state index contributed by atoms with van der Waals surface area (Å²) in [6.07, 6.45) is 0. The van der Waals surface area contributed by atoms with Crippen LogP contribution < -0.4 is 0 Å². The van der Waals surface area contributed by atoms with E-state index in [0.29, 0.717) is 0 Å². The zero-order valence-electron chi connectivity index (χ0n) is 7.03. The highest BCUT2D eigenvalue weighted by Gasteiger charge is 2.10. The number of aliphatic hydroxyl groups is 1. The molecule has 0 unspecified atom stereocenters. The lowest BCUT2D eigenvalue weighted by molar-refractivity contribution is 0.102. The fourth-order valence-corrected chi connectivity index (χ4v) is 3.36. The van der Waals surface area contributed by atoms with Crippen LogP contribution in [-0.4, -0.2) is 10.9 Å². The molecule has 0 aliphatic rings. The van der Waals surface area contributed by atoms with Gasteiger partial charge in [-0.15, -0.1) is 22.7 Å². The van der Waals surface area contributed by atoms with E-state index in [-0.39, 0.29) is 12.4 Å². The van der Waals surface area contributed by atoms with Crippen molar-refractivity contribution in [2.24, 2.45) is 0 Å². The number of rotatable bonds is 2. The Hall–Kier alpha value is -0.710. The lowest BCUT2D eigenvalue weighted by Gasteiger charge is -1.86. The maximum absolute atomic E-state index is 11.1. The van der Waals surface area contributed by atoms with E-state index in [4.69, 9.17) is 5.11 Å². The zero-order valence-corrected chi connectivity index (χ0v) is 8.67. The number of carbonyl (C=O) groups is 1. The Bertz CT molecular complexity index is 453. The van der Waals surface area contributed by atoms with Crippen molar-refractivity contribution in [1.82, 2.24) is 0 Å². The first-order valence-electron chi connectivity index (χ1n) is 3.84. The second kappa shape index (κ2) is 3.21. The van der Waals surface area contributed by atoms with Crippen LogP contribution in [0.2, 0.25) is 0 Å². The topological polar surface area (TPSA) is 37.3 Å². The molecule has 4 heteroatoms. The SMILES string of the molecule is CC(=O)c1cc2c(CO)csc2s1. The average Bonchev–Trinajstić information content (AvgIpc) is 2.60. The number of hydrogen-bond acceptors (Lipinski definition) is 4. The zero-order chi connectivity index (χ0) is 9.42. The third kappa shape index (κ3) is 1.41. The number of ketones is 1. The maximum atomic E-state index is 11.1. The number of Topliss-reactive ketones (excluding diaryl/α,β-unsaturated/α-hetero) is 1. The summed E-state index contributed by atoms with van der Waals surface area (Å²) in [4.78, 5) is 11.8. The van der Waals surface area contributed by atoms with Crippen molar-refractivity contribution in [3.05, 3.63) is 21.9 Å². The van der Waals surface area contributed by atoms with Crippen molar-refractivity contribution in [2.45, 2.75) is 13.5 Å². The van der Waals surface area contributed by atoms with Gasteiger partial charge in [0.1, 0.15) is 0 Å². The van der Waals surface area contributed by atoms with Gasteiger partial charge in [0.15, 0.2) is 5.78 Å². The van der Waals surface area contributed by atoms with Crippen molar-refractivity contribution in [3.8, 4) is 0 Å². The summed E-state index contributed by atoms with van der Waals surface area (Å²) < 4.78 is 1.12. The second-order valence-corrected chi connectivity index (χ2v) is 4.98. The van der Waals surface area contributed by atoms with Crippen LogP contribution in [0.5, 0.6) is 0 Å². The number of fused-ring (bicyclic) bond motifs is 1. The molecular formula is C9H8O2S2. The summed E-state index contributed by atoms with van der Waals surface area (Å²) in [7, 11) is 0. The fraction of sp³-hybridized carbons (Fsp3) is 0.222. The molecule has 0 radical (unpaired) electrons. The molecule has 0 saturated heterocycles. The third-order valence-electron chi connectivity index (χ3n) is 1.87. The van der Waals surface area contributed by atoms with Crippen LogP contribution in [-0.2, 0) is 6.61 Å². The minimum atomic E-state index is 0.0497. The van der Waals surface area contributed by atoms with Gasteiger partial charge in [-0.2, -0.15) is 0 Å². The first kappa shape index (κ1) is 8.87. The van der Waals surface area contributed by atoms with Gasteiger partial charge >= 0.3 is 0 Å². The predicted molar refractivity (Wildman–Crippen MR) is 55.6 cm³/mol. The van der Waals surface area contributed by atoms with Crippen LogP contribution in [0.15, 0.2) is 11.4 Å². The summed E-state index contributed by atoms with van der Waals surface area (Å²) in [5.74, 6) is 0.0947. The molecule has 0 atom stereocenters. The van der Waals surface area contributed by atoms with E-state index in [1.165, 1.54) is 11.3 Å². The molecule has 0 fully saturated rings. The second-order valence-electron chi connectivity index (χ2n) is 2.79. The molecule has 2 aromatic heterocycles. The van der Waals surface area contributed by atoms with Crippen LogP contribution in [0.25, 0.3) is 9.40 Å². The highest BCUT2D eigenvalue weighted by molar-refractivity contribution is 7.38. The van der Waals surface area contributed by atoms with Gasteiger partial charge in [0.25, 0.3) is 0 Å². The molecule has 0 spiro atoms. The maximum Gasteiger partial charge on any atom is 0.169 e. The van der Waals surface area contributed by atoms with Crippen molar-refractivity contribution in [2.75, 3.05) is 0 Å². The van der Waals surface area contributed by atoms with Crippen molar-refractivity contribution >= 4 is 37.9 Å². The Morgan fingerprint density at radius 1 is 1.62 bits per heavy atom. The van der Waals surface area contributed by atoms with Gasteiger partial charge in [-0.1, -0.05) is 0 Å². The van der Waals surface area contributed by atoms with Gasteiger partial charge in [-0.3, -0.25) is 4.79 Å². The summed E-state index contributed by atoms with van der Waals surface area (Å²) >= 11 is 3.08. The molecule has 2 rings (SSSR count). The predicted octanol–water partition coefficient (Wildman–Crippen LogP) is 2.66. The summed E-state index contributed by atoms with van der Waals surface area (Å²) in [6.45, 7) is 1.61. The standard InChI is InChI=1S/C9H8O2S2/c1-5(11)8-2-7-6(3-10)4-12-9(7)13-8/h2,4,10H,3H2,1H3. The molecule has 68 valence electrons. The van der Waals surface area contributed by atoms with E-state index >= 15 is 0 Å². The van der Waals surface area contributed by atoms with Crippen LogP contribution >= 0.6 is 22.7 Å². The van der Waals surface area contributed by atoms with E-state index < -0.39 is 0 Å². The number of carbonyl (C=O) groups excluding carboxylic acids is 1. The van der Waals surface area contributed by atoms with Crippen molar-refractivity contribution < 1.29 is 9.90 Å². The van der Waals surface area contributed by atoms with Gasteiger partial charge in [0.05, 0.1) is 15.5 Å². The van der Waals surface area contributed by atoms with E-state index in [1.54, 1.807) is 18.3 Å². The van der Waals surface area contributed by atoms with Crippen LogP contribution in [0.1, 0.15) is 22.2 Å².